The second-order valence-corrected chi connectivity index (χ2v) is 8.94. The van der Waals surface area contributed by atoms with Crippen LogP contribution < -0.4 is 15.4 Å². The van der Waals surface area contributed by atoms with Gasteiger partial charge in [-0.2, -0.15) is 0 Å². The lowest BCUT2D eigenvalue weighted by atomic mass is 10.0. The Balaban J connectivity index is 1.50. The average molecular weight is 535 g/mol. The van der Waals surface area contributed by atoms with Gasteiger partial charge in [0.05, 0.1) is 23.8 Å². The van der Waals surface area contributed by atoms with Crippen LogP contribution in [0.25, 0.3) is 11.6 Å². The third-order valence-corrected chi connectivity index (χ3v) is 6.12. The summed E-state index contributed by atoms with van der Waals surface area (Å²) in [6.07, 6.45) is -4.67. The number of nitrogens with one attached hydrogen (secondary N) is 3. The molecule has 0 spiro atoms. The van der Waals surface area contributed by atoms with Gasteiger partial charge >= 0.3 is 12.4 Å². The minimum atomic E-state index is -4.90. The lowest BCUT2D eigenvalue weighted by Gasteiger charge is -2.18. The lowest BCUT2D eigenvalue weighted by Crippen LogP contribution is -2.43. The zero-order chi connectivity index (χ0) is 27.9. The molecule has 202 valence electrons. The van der Waals surface area contributed by atoms with Gasteiger partial charge in [0.1, 0.15) is 12.3 Å². The smallest absolute Gasteiger partial charge is 0.406 e. The maximum absolute atomic E-state index is 12.9. The van der Waals surface area contributed by atoms with E-state index >= 15 is 0 Å². The molecule has 4 N–H and O–H groups in total. The third kappa shape index (κ3) is 5.34. The van der Waals surface area contributed by atoms with E-state index in [0.29, 0.717) is 22.6 Å². The number of β-amino-alcohol motifs (C(OH)–C–C–N with tert-alkyl or cyclic N) is 1. The number of aromatic nitrogens is 1. The van der Waals surface area contributed by atoms with E-state index in [9.17, 15) is 37.5 Å². The molecule has 2 aromatic rings. The van der Waals surface area contributed by atoms with Crippen LogP contribution in [0.1, 0.15) is 32.9 Å². The zero-order valence-electron chi connectivity index (χ0n) is 20.5. The number of fused-ring (bicyclic) bond motifs is 1. The van der Waals surface area contributed by atoms with Gasteiger partial charge in [0, 0.05) is 36.2 Å². The predicted molar refractivity (Wildman–Crippen MR) is 128 cm³/mol. The van der Waals surface area contributed by atoms with Crippen molar-refractivity contribution in [2.45, 2.75) is 26.3 Å². The van der Waals surface area contributed by atoms with Gasteiger partial charge in [-0.05, 0) is 43.7 Å². The van der Waals surface area contributed by atoms with E-state index in [-0.39, 0.29) is 36.3 Å². The molecule has 4 rings (SSSR count). The molecule has 3 heterocycles. The van der Waals surface area contributed by atoms with Gasteiger partial charge in [0.25, 0.3) is 11.8 Å². The van der Waals surface area contributed by atoms with Crippen molar-refractivity contribution < 1.29 is 42.2 Å². The number of alkyl halides is 3. The number of aromatic amines is 1. The van der Waals surface area contributed by atoms with Crippen LogP contribution in [0.5, 0.6) is 5.75 Å². The highest BCUT2D eigenvalue weighted by Crippen LogP contribution is 2.37. The number of halogens is 3. The number of carbonyl (C=O) groups is 4. The molecular formula is C24H24F3N5O6. The van der Waals surface area contributed by atoms with Gasteiger partial charge in [-0.3, -0.25) is 19.3 Å². The number of nitrogens with zero attached hydrogens (tertiary/aromatic N) is 2. The minimum absolute atomic E-state index is 0.0734. The molecule has 0 saturated carbocycles. The van der Waals surface area contributed by atoms with E-state index in [0.717, 1.165) is 17.0 Å². The number of likely N-dealkylation sites (N-methyl/N-ethyl adjacent to an activating group) is 1. The number of benzene rings is 1. The van der Waals surface area contributed by atoms with Crippen molar-refractivity contribution in [3.05, 3.63) is 46.3 Å². The molecular weight excluding hydrogens is 511 g/mol. The Morgan fingerprint density at radius 2 is 1.97 bits per heavy atom. The fourth-order valence-corrected chi connectivity index (χ4v) is 4.33. The van der Waals surface area contributed by atoms with Crippen molar-refractivity contribution in [3.63, 3.8) is 0 Å². The number of H-pyrrole nitrogens is 1. The second-order valence-electron chi connectivity index (χ2n) is 8.94. The summed E-state index contributed by atoms with van der Waals surface area (Å²) in [5.41, 5.74) is 2.11. The molecule has 1 fully saturated rings. The van der Waals surface area contributed by atoms with Crippen LogP contribution in [-0.4, -0.2) is 82.8 Å². The van der Waals surface area contributed by atoms with E-state index in [2.05, 4.69) is 20.4 Å². The Kier molecular flexibility index (Phi) is 6.93. The highest BCUT2D eigenvalue weighted by Gasteiger charge is 2.35. The molecule has 38 heavy (non-hydrogen) atoms. The van der Waals surface area contributed by atoms with E-state index in [1.165, 1.54) is 24.1 Å². The largest absolute Gasteiger partial charge is 0.573 e. The molecule has 0 radical (unpaired) electrons. The van der Waals surface area contributed by atoms with Crippen molar-refractivity contribution in [3.8, 4) is 5.75 Å². The monoisotopic (exact) mass is 535 g/mol. The van der Waals surface area contributed by atoms with Crippen LogP contribution in [0.3, 0.4) is 0 Å². The first-order valence-electron chi connectivity index (χ1n) is 11.4. The second kappa shape index (κ2) is 9.85. The van der Waals surface area contributed by atoms with E-state index in [1.807, 2.05) is 0 Å². The number of anilines is 1. The van der Waals surface area contributed by atoms with Gasteiger partial charge in [-0.25, -0.2) is 4.79 Å². The number of hydrogen-bond acceptors (Lipinski definition) is 6. The van der Waals surface area contributed by atoms with Crippen LogP contribution in [0, 0.1) is 13.8 Å². The molecule has 11 nitrogen and oxygen atoms in total. The van der Waals surface area contributed by atoms with Crippen molar-refractivity contribution >= 4 is 41.1 Å². The number of hydrogen-bond donors (Lipinski definition) is 4. The molecule has 1 unspecified atom stereocenters. The van der Waals surface area contributed by atoms with E-state index in [4.69, 9.17) is 0 Å². The van der Waals surface area contributed by atoms with Crippen molar-refractivity contribution in [1.82, 2.24) is 20.1 Å². The first-order valence-corrected chi connectivity index (χ1v) is 11.4. The fourth-order valence-electron chi connectivity index (χ4n) is 4.33. The maximum atomic E-state index is 12.9. The number of amides is 5. The highest BCUT2D eigenvalue weighted by atomic mass is 19.4. The first-order chi connectivity index (χ1) is 17.7. The molecule has 2 aliphatic heterocycles. The maximum Gasteiger partial charge on any atom is 0.573 e. The number of carbonyl (C=O) groups excluding carboxylic acids is 4. The summed E-state index contributed by atoms with van der Waals surface area (Å²) in [4.78, 5) is 54.4. The summed E-state index contributed by atoms with van der Waals surface area (Å²) in [6, 6.07) is 2.95. The highest BCUT2D eigenvalue weighted by molar-refractivity contribution is 6.35. The van der Waals surface area contributed by atoms with Crippen LogP contribution in [0.15, 0.2) is 18.2 Å². The van der Waals surface area contributed by atoms with E-state index < -0.39 is 42.0 Å². The lowest BCUT2D eigenvalue weighted by molar-refractivity contribution is -0.274. The van der Waals surface area contributed by atoms with Gasteiger partial charge in [0.2, 0.25) is 5.91 Å². The number of rotatable bonds is 7. The summed E-state index contributed by atoms with van der Waals surface area (Å²) in [5, 5.41) is 15.4. The molecule has 2 aliphatic rings. The first kappa shape index (κ1) is 26.7. The summed E-state index contributed by atoms with van der Waals surface area (Å²) in [7, 11) is 1.46. The molecule has 1 atom stereocenters. The quantitative estimate of drug-likeness (QED) is 0.316. The summed E-state index contributed by atoms with van der Waals surface area (Å²) in [6.45, 7) is 2.64. The minimum Gasteiger partial charge on any atom is -0.406 e. The number of aryl methyl sites for hydroxylation is 1. The van der Waals surface area contributed by atoms with Gasteiger partial charge in [-0.15, -0.1) is 13.2 Å². The molecule has 1 saturated heterocycles. The summed E-state index contributed by atoms with van der Waals surface area (Å²) < 4.78 is 41.9. The average Bonchev–Trinajstić information content (AvgIpc) is 3.37. The normalized spacial score (nSPS) is 17.2. The number of ether oxygens (including phenoxy) is 1. The van der Waals surface area contributed by atoms with Crippen molar-refractivity contribution in [2.24, 2.45) is 0 Å². The number of aliphatic hydroxyl groups excluding tert-OH is 1. The third-order valence-electron chi connectivity index (χ3n) is 6.12. The molecule has 5 amide bonds. The molecule has 0 bridgehead atoms. The topological polar surface area (TPSA) is 144 Å². The Hall–Kier alpha value is -4.33. The Morgan fingerprint density at radius 3 is 2.61 bits per heavy atom. The Labute approximate surface area is 214 Å². The van der Waals surface area contributed by atoms with E-state index in [1.54, 1.807) is 13.8 Å². The summed E-state index contributed by atoms with van der Waals surface area (Å²) in [5.74, 6) is -2.03. The Morgan fingerprint density at radius 1 is 1.26 bits per heavy atom. The van der Waals surface area contributed by atoms with Crippen LogP contribution in [0.4, 0.5) is 23.7 Å². The molecule has 1 aromatic heterocycles. The van der Waals surface area contributed by atoms with Crippen molar-refractivity contribution in [2.75, 3.05) is 32.0 Å². The molecule has 1 aromatic carbocycles. The standard InChI is InChI=1S/C24H24F3N5O6/c1-11-18(7-16-15-6-14(38-24(25,26)27)4-5-17(15)30-21(16)35)29-12(2)20(11)22(36)28-8-13(33)9-32-19(34)10-31(3)23(32)37/h4-7,13,29,33H,8-10H2,1-3H3,(H,28,36)(H,30,35)/b16-7-. The Bertz CT molecular complexity index is 1370. The predicted octanol–water partition coefficient (Wildman–Crippen LogP) is 2.01. The summed E-state index contributed by atoms with van der Waals surface area (Å²) >= 11 is 0. The van der Waals surface area contributed by atoms with Gasteiger partial charge < -0.3 is 30.4 Å². The van der Waals surface area contributed by atoms with Crippen molar-refractivity contribution in [1.29, 1.82) is 0 Å². The fraction of sp³-hybridized carbons (Fsp3) is 0.333. The SMILES string of the molecule is Cc1[nH]c(/C=C2\C(=O)Nc3ccc(OC(F)(F)F)cc32)c(C)c1C(=O)NCC(O)CN1C(=O)CN(C)C1=O. The zero-order valence-corrected chi connectivity index (χ0v) is 20.5. The van der Waals surface area contributed by atoms with Crippen LogP contribution in [-0.2, 0) is 9.59 Å². The number of imide groups is 1. The number of urea groups is 1. The molecule has 14 heteroatoms. The van der Waals surface area contributed by atoms with Gasteiger partial charge in [-0.1, -0.05) is 0 Å². The number of aliphatic hydroxyl groups is 1. The van der Waals surface area contributed by atoms with Crippen LogP contribution in [0.2, 0.25) is 0 Å². The van der Waals surface area contributed by atoms with Gasteiger partial charge in [0.15, 0.2) is 0 Å². The van der Waals surface area contributed by atoms with Crippen LogP contribution >= 0.6 is 0 Å². The molecule has 0 aliphatic carbocycles.